The molecule has 1 aromatic rings. The fraction of sp³-hybridized carbons (Fsp3) is 0.273. The number of alkyl halides is 4. The van der Waals surface area contributed by atoms with Crippen molar-refractivity contribution in [2.24, 2.45) is 0 Å². The van der Waals surface area contributed by atoms with Crippen LogP contribution in [0.4, 0.5) is 13.2 Å². The molecule has 1 nitrogen and oxygen atoms in total. The molecule has 0 N–H and O–H groups in total. The Balaban J connectivity index is 2.72. The maximum absolute atomic E-state index is 12.3. The Hall–Kier alpha value is -1.16. The molecule has 0 bridgehead atoms. The van der Waals surface area contributed by atoms with Gasteiger partial charge in [-0.15, -0.1) is 11.6 Å². The number of rotatable bonds is 4. The molecule has 1 aromatic carbocycles. The molecular weight excluding hydrogens is 241 g/mol. The van der Waals surface area contributed by atoms with Gasteiger partial charge in [0.2, 0.25) is 0 Å². The van der Waals surface area contributed by atoms with Crippen LogP contribution in [0.2, 0.25) is 0 Å². The zero-order chi connectivity index (χ0) is 12.2. The predicted octanol–water partition coefficient (Wildman–Crippen LogP) is 3.88. The van der Waals surface area contributed by atoms with Gasteiger partial charge in [0.15, 0.2) is 0 Å². The lowest BCUT2D eigenvalue weighted by Crippen LogP contribution is -2.06. The summed E-state index contributed by atoms with van der Waals surface area (Å²) in [5.41, 5.74) is -0.124. The Morgan fingerprint density at radius 2 is 2.06 bits per heavy atom. The third-order valence-corrected chi connectivity index (χ3v) is 2.17. The van der Waals surface area contributed by atoms with Gasteiger partial charge in [0.1, 0.15) is 12.4 Å². The molecule has 5 heteroatoms. The summed E-state index contributed by atoms with van der Waals surface area (Å²) in [6, 6.07) is 4.68. The number of benzene rings is 1. The minimum Gasteiger partial charge on any atom is -0.489 e. The average molecular weight is 251 g/mol. The Kier molecular flexibility index (Phi) is 4.24. The molecular formula is C11H10ClF3O. The van der Waals surface area contributed by atoms with Crippen molar-refractivity contribution in [3.05, 3.63) is 42.0 Å². The Morgan fingerprint density at radius 1 is 1.38 bits per heavy atom. The number of hydrogen-bond acceptors (Lipinski definition) is 1. The molecule has 0 atom stereocenters. The summed E-state index contributed by atoms with van der Waals surface area (Å²) in [6.45, 7) is 3.70. The monoisotopic (exact) mass is 250 g/mol. The fourth-order valence-electron chi connectivity index (χ4n) is 0.986. The highest BCUT2D eigenvalue weighted by Gasteiger charge is 2.30. The van der Waals surface area contributed by atoms with Gasteiger partial charge in [0.05, 0.1) is 5.56 Å². The second kappa shape index (κ2) is 5.25. The summed E-state index contributed by atoms with van der Waals surface area (Å²) < 4.78 is 42.1. The predicted molar refractivity (Wildman–Crippen MR) is 56.8 cm³/mol. The molecule has 0 heterocycles. The van der Waals surface area contributed by atoms with Crippen LogP contribution < -0.4 is 4.74 Å². The van der Waals surface area contributed by atoms with Gasteiger partial charge in [0.25, 0.3) is 0 Å². The maximum atomic E-state index is 12.3. The highest BCUT2D eigenvalue weighted by atomic mass is 35.5. The molecule has 0 saturated heterocycles. The van der Waals surface area contributed by atoms with Crippen LogP contribution in [0.5, 0.6) is 5.75 Å². The molecule has 0 aliphatic rings. The van der Waals surface area contributed by atoms with E-state index in [1.54, 1.807) is 0 Å². The standard InChI is InChI=1S/C11H10ClF3O/c1-8(6-12)7-16-10-4-2-3-9(5-10)11(13,14)15/h2-5H,1,6-7H2. The lowest BCUT2D eigenvalue weighted by molar-refractivity contribution is -0.137. The Labute approximate surface area is 96.5 Å². The van der Waals surface area contributed by atoms with Gasteiger partial charge >= 0.3 is 6.18 Å². The first kappa shape index (κ1) is 12.9. The summed E-state index contributed by atoms with van der Waals surface area (Å²) in [5, 5.41) is 0. The normalized spacial score (nSPS) is 11.2. The first-order valence-corrected chi connectivity index (χ1v) is 4.99. The lowest BCUT2D eigenvalue weighted by atomic mass is 10.2. The van der Waals surface area contributed by atoms with Gasteiger partial charge in [-0.2, -0.15) is 13.2 Å². The van der Waals surface area contributed by atoms with Crippen LogP contribution in [-0.4, -0.2) is 12.5 Å². The summed E-state index contributed by atoms with van der Waals surface area (Å²) in [4.78, 5) is 0. The molecule has 88 valence electrons. The molecule has 16 heavy (non-hydrogen) atoms. The summed E-state index contributed by atoms with van der Waals surface area (Å²) >= 11 is 5.46. The van der Waals surface area contributed by atoms with Crippen molar-refractivity contribution in [1.82, 2.24) is 0 Å². The lowest BCUT2D eigenvalue weighted by Gasteiger charge is -2.10. The third kappa shape index (κ3) is 3.77. The first-order valence-electron chi connectivity index (χ1n) is 4.46. The van der Waals surface area contributed by atoms with E-state index < -0.39 is 11.7 Å². The maximum Gasteiger partial charge on any atom is 0.416 e. The number of halogens is 4. The molecule has 0 aliphatic carbocycles. The van der Waals surface area contributed by atoms with Crippen LogP contribution in [0.1, 0.15) is 5.56 Å². The molecule has 0 unspecified atom stereocenters. The first-order chi connectivity index (χ1) is 7.43. The largest absolute Gasteiger partial charge is 0.489 e. The van der Waals surface area contributed by atoms with Crippen LogP contribution in [0, 0.1) is 0 Å². The van der Waals surface area contributed by atoms with E-state index in [0.29, 0.717) is 5.57 Å². The highest BCUT2D eigenvalue weighted by molar-refractivity contribution is 6.19. The molecule has 0 spiro atoms. The zero-order valence-corrected chi connectivity index (χ0v) is 9.11. The summed E-state index contributed by atoms with van der Waals surface area (Å²) in [6.07, 6.45) is -4.36. The topological polar surface area (TPSA) is 9.23 Å². The van der Waals surface area contributed by atoms with Gasteiger partial charge in [-0.3, -0.25) is 0 Å². The van der Waals surface area contributed by atoms with Crippen molar-refractivity contribution < 1.29 is 17.9 Å². The van der Waals surface area contributed by atoms with Crippen molar-refractivity contribution in [3.63, 3.8) is 0 Å². The van der Waals surface area contributed by atoms with Crippen LogP contribution >= 0.6 is 11.6 Å². The van der Waals surface area contributed by atoms with Gasteiger partial charge in [-0.1, -0.05) is 12.6 Å². The van der Waals surface area contributed by atoms with Crippen LogP contribution in [0.15, 0.2) is 36.4 Å². The molecule has 1 rings (SSSR count). The van der Waals surface area contributed by atoms with E-state index in [2.05, 4.69) is 6.58 Å². The van der Waals surface area contributed by atoms with E-state index in [1.807, 2.05) is 0 Å². The zero-order valence-electron chi connectivity index (χ0n) is 8.35. The van der Waals surface area contributed by atoms with Gasteiger partial charge < -0.3 is 4.74 Å². The Bertz CT molecular complexity index is 374. The minimum atomic E-state index is -4.36. The molecule has 0 saturated carbocycles. The second-order valence-corrected chi connectivity index (χ2v) is 3.47. The van der Waals surface area contributed by atoms with Gasteiger partial charge in [-0.25, -0.2) is 0 Å². The van der Waals surface area contributed by atoms with Crippen molar-refractivity contribution in [2.45, 2.75) is 6.18 Å². The van der Waals surface area contributed by atoms with E-state index >= 15 is 0 Å². The molecule has 0 amide bonds. The quantitative estimate of drug-likeness (QED) is 0.582. The van der Waals surface area contributed by atoms with Gasteiger partial charge in [-0.05, 0) is 23.8 Å². The average Bonchev–Trinajstić information content (AvgIpc) is 2.25. The van der Waals surface area contributed by atoms with E-state index in [9.17, 15) is 13.2 Å². The molecule has 0 fully saturated rings. The fourth-order valence-corrected chi connectivity index (χ4v) is 1.06. The number of ether oxygens (including phenoxy) is 1. The van der Waals surface area contributed by atoms with E-state index in [-0.39, 0.29) is 18.2 Å². The Morgan fingerprint density at radius 3 is 2.62 bits per heavy atom. The summed E-state index contributed by atoms with van der Waals surface area (Å²) in [5.74, 6) is 0.375. The second-order valence-electron chi connectivity index (χ2n) is 3.20. The molecule has 0 radical (unpaired) electrons. The van der Waals surface area contributed by atoms with E-state index in [1.165, 1.54) is 12.1 Å². The van der Waals surface area contributed by atoms with Crippen LogP contribution in [0.3, 0.4) is 0 Å². The molecule has 0 aliphatic heterocycles. The molecule has 0 aromatic heterocycles. The third-order valence-electron chi connectivity index (χ3n) is 1.79. The van der Waals surface area contributed by atoms with Crippen LogP contribution in [-0.2, 0) is 6.18 Å². The van der Waals surface area contributed by atoms with E-state index in [0.717, 1.165) is 12.1 Å². The summed E-state index contributed by atoms with van der Waals surface area (Å²) in [7, 11) is 0. The van der Waals surface area contributed by atoms with E-state index in [4.69, 9.17) is 16.3 Å². The van der Waals surface area contributed by atoms with Crippen LogP contribution in [0.25, 0.3) is 0 Å². The van der Waals surface area contributed by atoms with Crippen molar-refractivity contribution >= 4 is 11.6 Å². The number of hydrogen-bond donors (Lipinski definition) is 0. The van der Waals surface area contributed by atoms with Crippen molar-refractivity contribution in [1.29, 1.82) is 0 Å². The van der Waals surface area contributed by atoms with Crippen molar-refractivity contribution in [2.75, 3.05) is 12.5 Å². The van der Waals surface area contributed by atoms with Gasteiger partial charge in [0, 0.05) is 5.88 Å². The SMILES string of the molecule is C=C(CCl)COc1cccc(C(F)(F)F)c1. The smallest absolute Gasteiger partial charge is 0.416 e. The highest BCUT2D eigenvalue weighted by Crippen LogP contribution is 2.31. The minimum absolute atomic E-state index is 0.116. The van der Waals surface area contributed by atoms with Crippen molar-refractivity contribution in [3.8, 4) is 5.75 Å².